The molecule has 6 nitrogen and oxygen atoms in total. The van der Waals surface area contributed by atoms with Gasteiger partial charge in [-0.3, -0.25) is 9.59 Å². The highest BCUT2D eigenvalue weighted by atomic mass is 16.6. The number of ether oxygens (including phenoxy) is 2. The van der Waals surface area contributed by atoms with E-state index in [1.165, 1.54) is 4.90 Å². The molecule has 2 aliphatic rings. The second-order valence-corrected chi connectivity index (χ2v) is 7.89. The van der Waals surface area contributed by atoms with Crippen molar-refractivity contribution in [2.75, 3.05) is 23.4 Å². The average Bonchev–Trinajstić information content (AvgIpc) is 3.03. The van der Waals surface area contributed by atoms with Crippen LogP contribution >= 0.6 is 0 Å². The van der Waals surface area contributed by atoms with E-state index in [0.717, 1.165) is 11.1 Å². The number of rotatable bonds is 4. The van der Waals surface area contributed by atoms with E-state index in [2.05, 4.69) is 5.32 Å². The van der Waals surface area contributed by atoms with E-state index in [-0.39, 0.29) is 11.6 Å². The molecule has 1 N–H and O–H groups in total. The monoisotopic (exact) mass is 426 g/mol. The van der Waals surface area contributed by atoms with Crippen molar-refractivity contribution in [3.05, 3.63) is 89.1 Å². The molecule has 2 heterocycles. The number of nitrogens with zero attached hydrogens (tertiary/aromatic N) is 1. The summed E-state index contributed by atoms with van der Waals surface area (Å²) in [5.41, 5.74) is 4.41. The second kappa shape index (κ2) is 7.89. The molecule has 2 amide bonds. The Morgan fingerprint density at radius 2 is 1.47 bits per heavy atom. The van der Waals surface area contributed by atoms with E-state index in [9.17, 15) is 9.59 Å². The summed E-state index contributed by atoms with van der Waals surface area (Å²) in [5.74, 6) is 0.510. The lowest BCUT2D eigenvalue weighted by Gasteiger charge is -2.19. The lowest BCUT2D eigenvalue weighted by atomic mass is 10.0. The van der Waals surface area contributed by atoms with Gasteiger partial charge in [0.05, 0.1) is 11.3 Å². The maximum atomic E-state index is 13.5. The number of carbonyl (C=O) groups excluding carboxylic acids is 2. The molecule has 0 aliphatic carbocycles. The van der Waals surface area contributed by atoms with Crippen molar-refractivity contribution in [3.8, 4) is 11.5 Å². The Bertz CT molecular complexity index is 1240. The molecule has 3 aromatic carbocycles. The molecule has 0 saturated carbocycles. The zero-order valence-corrected chi connectivity index (χ0v) is 17.8. The molecule has 3 aromatic rings. The summed E-state index contributed by atoms with van der Waals surface area (Å²) in [5, 5.41) is 3.18. The van der Waals surface area contributed by atoms with Crippen LogP contribution in [0.15, 0.2) is 72.4 Å². The van der Waals surface area contributed by atoms with Crippen LogP contribution in [0.4, 0.5) is 11.4 Å². The molecule has 6 heteroatoms. The molecule has 0 spiro atoms. The maximum absolute atomic E-state index is 13.5. The van der Waals surface area contributed by atoms with Gasteiger partial charge in [0.1, 0.15) is 18.9 Å². The van der Waals surface area contributed by atoms with Gasteiger partial charge in [0.25, 0.3) is 11.8 Å². The summed E-state index contributed by atoms with van der Waals surface area (Å²) < 4.78 is 11.2. The van der Waals surface area contributed by atoms with Gasteiger partial charge in [0.2, 0.25) is 0 Å². The molecule has 5 rings (SSSR count). The number of imide groups is 1. The molecular formula is C26H22N2O4. The van der Waals surface area contributed by atoms with E-state index in [0.29, 0.717) is 47.2 Å². The average molecular weight is 426 g/mol. The van der Waals surface area contributed by atoms with Gasteiger partial charge in [-0.25, -0.2) is 4.90 Å². The predicted octanol–water partition coefficient (Wildman–Crippen LogP) is 4.47. The highest BCUT2D eigenvalue weighted by Gasteiger charge is 2.40. The standard InChI is InChI=1S/C26H22N2O4/c1-16-12-17(2)14-20(13-16)28-25(29)23(18-6-4-3-5-7-18)24(26(28)30)27-19-8-9-21-22(15-19)32-11-10-31-21/h3-9,12-15,27H,10-11H2,1-2H3. The summed E-state index contributed by atoms with van der Waals surface area (Å²) in [7, 11) is 0. The van der Waals surface area contributed by atoms with Gasteiger partial charge >= 0.3 is 0 Å². The Labute approximate surface area is 186 Å². The van der Waals surface area contributed by atoms with Crippen molar-refractivity contribution in [1.82, 2.24) is 0 Å². The van der Waals surface area contributed by atoms with Gasteiger partial charge in [0, 0.05) is 11.8 Å². The fraction of sp³-hybridized carbons (Fsp3) is 0.154. The van der Waals surface area contributed by atoms with Crippen molar-refractivity contribution < 1.29 is 19.1 Å². The first-order chi connectivity index (χ1) is 15.5. The summed E-state index contributed by atoms with van der Waals surface area (Å²) in [6.07, 6.45) is 0. The highest BCUT2D eigenvalue weighted by molar-refractivity contribution is 6.46. The first kappa shape index (κ1) is 19.9. The van der Waals surface area contributed by atoms with Crippen molar-refractivity contribution in [2.45, 2.75) is 13.8 Å². The van der Waals surface area contributed by atoms with Crippen LogP contribution < -0.4 is 19.7 Å². The van der Waals surface area contributed by atoms with Crippen molar-refractivity contribution in [3.63, 3.8) is 0 Å². The van der Waals surface area contributed by atoms with Crippen LogP contribution in [0.5, 0.6) is 11.5 Å². The van der Waals surface area contributed by atoms with Crippen LogP contribution in [0.3, 0.4) is 0 Å². The lowest BCUT2D eigenvalue weighted by molar-refractivity contribution is -0.120. The number of hydrogen-bond acceptors (Lipinski definition) is 5. The van der Waals surface area contributed by atoms with Gasteiger partial charge in [0.15, 0.2) is 11.5 Å². The number of benzene rings is 3. The topological polar surface area (TPSA) is 67.9 Å². The van der Waals surface area contributed by atoms with E-state index in [1.807, 2.05) is 62.4 Å². The van der Waals surface area contributed by atoms with Gasteiger partial charge in [-0.05, 0) is 54.8 Å². The molecule has 160 valence electrons. The van der Waals surface area contributed by atoms with Gasteiger partial charge in [-0.1, -0.05) is 36.4 Å². The zero-order chi connectivity index (χ0) is 22.2. The number of fused-ring (bicyclic) bond motifs is 1. The fourth-order valence-electron chi connectivity index (χ4n) is 4.10. The number of carbonyl (C=O) groups is 2. The smallest absolute Gasteiger partial charge is 0.282 e. The molecule has 0 unspecified atom stereocenters. The van der Waals surface area contributed by atoms with Crippen molar-refractivity contribution >= 4 is 28.8 Å². The van der Waals surface area contributed by atoms with Crippen molar-refractivity contribution in [1.29, 1.82) is 0 Å². The van der Waals surface area contributed by atoms with Gasteiger partial charge in [-0.2, -0.15) is 0 Å². The highest BCUT2D eigenvalue weighted by Crippen LogP contribution is 2.37. The number of aryl methyl sites for hydroxylation is 2. The Hall–Kier alpha value is -4.06. The minimum Gasteiger partial charge on any atom is -0.486 e. The summed E-state index contributed by atoms with van der Waals surface area (Å²) in [4.78, 5) is 28.3. The molecule has 0 radical (unpaired) electrons. The van der Waals surface area contributed by atoms with E-state index < -0.39 is 5.91 Å². The number of anilines is 2. The third-order valence-corrected chi connectivity index (χ3v) is 5.42. The molecule has 32 heavy (non-hydrogen) atoms. The van der Waals surface area contributed by atoms with Crippen LogP contribution in [-0.2, 0) is 9.59 Å². The zero-order valence-electron chi connectivity index (χ0n) is 17.8. The third kappa shape index (κ3) is 3.50. The summed E-state index contributed by atoms with van der Waals surface area (Å²) in [6, 6.07) is 20.3. The fourth-order valence-corrected chi connectivity index (χ4v) is 4.10. The number of hydrogen-bond donors (Lipinski definition) is 1. The second-order valence-electron chi connectivity index (χ2n) is 7.89. The first-order valence-corrected chi connectivity index (χ1v) is 10.4. The lowest BCUT2D eigenvalue weighted by Crippen LogP contribution is -2.32. The molecule has 0 bridgehead atoms. The Morgan fingerprint density at radius 1 is 0.781 bits per heavy atom. The summed E-state index contributed by atoms with van der Waals surface area (Å²) >= 11 is 0. The Kier molecular flexibility index (Phi) is 4.90. The minimum absolute atomic E-state index is 0.233. The van der Waals surface area contributed by atoms with Gasteiger partial charge < -0.3 is 14.8 Å². The normalized spacial score (nSPS) is 15.4. The van der Waals surface area contributed by atoms with Crippen LogP contribution in [-0.4, -0.2) is 25.0 Å². The Balaban J connectivity index is 1.59. The maximum Gasteiger partial charge on any atom is 0.282 e. The summed E-state index contributed by atoms with van der Waals surface area (Å²) in [6.45, 7) is 4.86. The largest absolute Gasteiger partial charge is 0.486 e. The number of amides is 2. The van der Waals surface area contributed by atoms with Crippen LogP contribution in [0.25, 0.3) is 5.57 Å². The quantitative estimate of drug-likeness (QED) is 0.624. The van der Waals surface area contributed by atoms with E-state index in [1.54, 1.807) is 18.2 Å². The van der Waals surface area contributed by atoms with E-state index >= 15 is 0 Å². The molecular weight excluding hydrogens is 404 g/mol. The Morgan fingerprint density at radius 3 is 2.19 bits per heavy atom. The van der Waals surface area contributed by atoms with Gasteiger partial charge in [-0.15, -0.1) is 0 Å². The van der Waals surface area contributed by atoms with Crippen LogP contribution in [0, 0.1) is 13.8 Å². The molecule has 0 atom stereocenters. The third-order valence-electron chi connectivity index (χ3n) is 5.42. The van der Waals surface area contributed by atoms with Crippen LogP contribution in [0.2, 0.25) is 0 Å². The first-order valence-electron chi connectivity index (χ1n) is 10.4. The predicted molar refractivity (Wildman–Crippen MR) is 123 cm³/mol. The number of nitrogens with one attached hydrogen (secondary N) is 1. The minimum atomic E-state index is -0.395. The molecule has 2 aliphatic heterocycles. The molecule has 0 saturated heterocycles. The van der Waals surface area contributed by atoms with Crippen LogP contribution in [0.1, 0.15) is 16.7 Å². The van der Waals surface area contributed by atoms with E-state index in [4.69, 9.17) is 9.47 Å². The molecule has 0 aromatic heterocycles. The SMILES string of the molecule is Cc1cc(C)cc(N2C(=O)C(Nc3ccc4c(c3)OCCO4)=C(c3ccccc3)C2=O)c1. The molecule has 0 fully saturated rings. The van der Waals surface area contributed by atoms with Crippen molar-refractivity contribution in [2.24, 2.45) is 0 Å².